The monoisotopic (exact) mass is 144 g/mol. The molecule has 0 saturated heterocycles. The highest BCUT2D eigenvalue weighted by Gasteiger charge is 2.06. The summed E-state index contributed by atoms with van der Waals surface area (Å²) in [6, 6.07) is 8.77. The van der Waals surface area contributed by atoms with Gasteiger partial charge < -0.3 is 0 Å². The molecule has 0 saturated carbocycles. The van der Waals surface area contributed by atoms with Crippen LogP contribution in [0.3, 0.4) is 0 Å². The molecule has 2 rings (SSSR count). The van der Waals surface area contributed by atoms with Crippen LogP contribution in [0, 0.1) is 6.92 Å². The van der Waals surface area contributed by atoms with Crippen LogP contribution in [0.4, 0.5) is 0 Å². The highest BCUT2D eigenvalue weighted by atomic mass is 14.1. The fraction of sp³-hybridized carbons (Fsp3) is 0.273. The van der Waals surface area contributed by atoms with Gasteiger partial charge in [0.15, 0.2) is 0 Å². The van der Waals surface area contributed by atoms with Gasteiger partial charge in [0.05, 0.1) is 0 Å². The van der Waals surface area contributed by atoms with E-state index in [2.05, 4.69) is 37.3 Å². The third-order valence-electron chi connectivity index (χ3n) is 2.23. The van der Waals surface area contributed by atoms with Crippen molar-refractivity contribution in [2.45, 2.75) is 19.8 Å². The Morgan fingerprint density at radius 3 is 2.18 bits per heavy atom. The predicted molar refractivity (Wildman–Crippen MR) is 48.4 cm³/mol. The molecule has 0 spiro atoms. The highest BCUT2D eigenvalue weighted by molar-refractivity contribution is 5.69. The molecule has 0 nitrogen and oxygen atoms in total. The summed E-state index contributed by atoms with van der Waals surface area (Å²) in [6.07, 6.45) is 4.84. The van der Waals surface area contributed by atoms with Gasteiger partial charge in [0.1, 0.15) is 0 Å². The largest absolute Gasteiger partial charge is 0.0804 e. The van der Waals surface area contributed by atoms with E-state index >= 15 is 0 Å². The van der Waals surface area contributed by atoms with Gasteiger partial charge in [-0.2, -0.15) is 0 Å². The smallest absolute Gasteiger partial charge is 0.0227 e. The molecule has 0 aromatic heterocycles. The number of aryl methyl sites for hydroxylation is 1. The van der Waals surface area contributed by atoms with Gasteiger partial charge in [-0.3, -0.25) is 0 Å². The van der Waals surface area contributed by atoms with Crippen molar-refractivity contribution in [3.63, 3.8) is 0 Å². The summed E-state index contributed by atoms with van der Waals surface area (Å²) in [5.74, 6) is 0. The minimum absolute atomic E-state index is 1.27. The molecule has 0 aliphatic heterocycles. The van der Waals surface area contributed by atoms with Gasteiger partial charge in [-0.05, 0) is 30.9 Å². The number of benzene rings is 1. The molecule has 1 aliphatic rings. The average molecular weight is 144 g/mol. The quantitative estimate of drug-likeness (QED) is 0.568. The first-order valence-electron chi connectivity index (χ1n) is 4.12. The molecular formula is C11H12. The summed E-state index contributed by atoms with van der Waals surface area (Å²) >= 11 is 0. The molecule has 0 fully saturated rings. The van der Waals surface area contributed by atoms with Gasteiger partial charge in [0, 0.05) is 0 Å². The average Bonchev–Trinajstić information content (AvgIpc) is 1.90. The summed E-state index contributed by atoms with van der Waals surface area (Å²) in [5, 5.41) is 0. The van der Waals surface area contributed by atoms with E-state index in [1.54, 1.807) is 0 Å². The molecule has 1 aliphatic carbocycles. The van der Waals surface area contributed by atoms with Gasteiger partial charge >= 0.3 is 0 Å². The van der Waals surface area contributed by atoms with Crippen molar-refractivity contribution in [2.75, 3.05) is 0 Å². The van der Waals surface area contributed by atoms with Crippen molar-refractivity contribution in [1.82, 2.24) is 0 Å². The lowest BCUT2D eigenvalue weighted by molar-refractivity contribution is 0.988. The van der Waals surface area contributed by atoms with Gasteiger partial charge in [-0.25, -0.2) is 0 Å². The van der Waals surface area contributed by atoms with Crippen LogP contribution in [0.5, 0.6) is 0 Å². The molecule has 0 amide bonds. The number of hydrogen-bond acceptors (Lipinski definition) is 0. The normalized spacial score (nSPS) is 15.5. The fourth-order valence-corrected chi connectivity index (χ4v) is 1.32. The van der Waals surface area contributed by atoms with E-state index in [9.17, 15) is 0 Å². The van der Waals surface area contributed by atoms with E-state index in [1.165, 1.54) is 29.5 Å². The maximum absolute atomic E-state index is 2.31. The Morgan fingerprint density at radius 1 is 1.09 bits per heavy atom. The standard InChI is InChI=1S/C11H12/c1-9-5-7-11(8-6-9)10-3-2-4-10/h3,5-8H,2,4H2,1H3. The van der Waals surface area contributed by atoms with E-state index in [0.29, 0.717) is 0 Å². The fourth-order valence-electron chi connectivity index (χ4n) is 1.32. The van der Waals surface area contributed by atoms with Crippen molar-refractivity contribution < 1.29 is 0 Å². The van der Waals surface area contributed by atoms with Gasteiger partial charge in [-0.15, -0.1) is 0 Å². The molecule has 0 unspecified atom stereocenters. The van der Waals surface area contributed by atoms with Crippen LogP contribution in [-0.2, 0) is 0 Å². The summed E-state index contributed by atoms with van der Waals surface area (Å²) in [7, 11) is 0. The van der Waals surface area contributed by atoms with Gasteiger partial charge in [0.25, 0.3) is 0 Å². The summed E-state index contributed by atoms with van der Waals surface area (Å²) in [6.45, 7) is 2.12. The molecule has 0 heteroatoms. The van der Waals surface area contributed by atoms with Crippen LogP contribution >= 0.6 is 0 Å². The SMILES string of the molecule is Cc1ccc(C2=CCC2)cc1. The van der Waals surface area contributed by atoms with E-state index in [1.807, 2.05) is 0 Å². The van der Waals surface area contributed by atoms with Crippen LogP contribution < -0.4 is 0 Å². The zero-order valence-corrected chi connectivity index (χ0v) is 6.80. The lowest BCUT2D eigenvalue weighted by Gasteiger charge is -2.14. The van der Waals surface area contributed by atoms with E-state index in [4.69, 9.17) is 0 Å². The second-order valence-electron chi connectivity index (χ2n) is 3.13. The van der Waals surface area contributed by atoms with E-state index in [-0.39, 0.29) is 0 Å². The Kier molecular flexibility index (Phi) is 1.54. The molecule has 0 radical (unpaired) electrons. The zero-order chi connectivity index (χ0) is 7.68. The first-order valence-corrected chi connectivity index (χ1v) is 4.12. The van der Waals surface area contributed by atoms with Crippen LogP contribution in [0.2, 0.25) is 0 Å². The topological polar surface area (TPSA) is 0 Å². The van der Waals surface area contributed by atoms with Crippen molar-refractivity contribution in [3.8, 4) is 0 Å². The summed E-state index contributed by atoms with van der Waals surface area (Å²) in [4.78, 5) is 0. The van der Waals surface area contributed by atoms with E-state index < -0.39 is 0 Å². The molecule has 11 heavy (non-hydrogen) atoms. The Balaban J connectivity index is 2.32. The van der Waals surface area contributed by atoms with Crippen molar-refractivity contribution in [2.24, 2.45) is 0 Å². The second kappa shape index (κ2) is 2.54. The first-order chi connectivity index (χ1) is 5.36. The van der Waals surface area contributed by atoms with Crippen LogP contribution in [-0.4, -0.2) is 0 Å². The third kappa shape index (κ3) is 1.21. The van der Waals surface area contributed by atoms with Crippen molar-refractivity contribution in [1.29, 1.82) is 0 Å². The van der Waals surface area contributed by atoms with Gasteiger partial charge in [0.2, 0.25) is 0 Å². The minimum atomic E-state index is 1.27. The lowest BCUT2D eigenvalue weighted by Crippen LogP contribution is -1.92. The van der Waals surface area contributed by atoms with Crippen LogP contribution in [0.1, 0.15) is 24.0 Å². The highest BCUT2D eigenvalue weighted by Crippen LogP contribution is 2.28. The molecule has 0 atom stereocenters. The van der Waals surface area contributed by atoms with E-state index in [0.717, 1.165) is 0 Å². The van der Waals surface area contributed by atoms with Crippen LogP contribution in [0.25, 0.3) is 5.57 Å². The second-order valence-corrected chi connectivity index (χ2v) is 3.13. The number of rotatable bonds is 1. The Morgan fingerprint density at radius 2 is 1.73 bits per heavy atom. The van der Waals surface area contributed by atoms with Crippen molar-refractivity contribution >= 4 is 5.57 Å². The predicted octanol–water partition coefficient (Wildman–Crippen LogP) is 3.17. The molecule has 1 aromatic carbocycles. The maximum Gasteiger partial charge on any atom is -0.0227 e. The minimum Gasteiger partial charge on any atom is -0.0804 e. The molecule has 0 N–H and O–H groups in total. The molecule has 1 aromatic rings. The van der Waals surface area contributed by atoms with Gasteiger partial charge in [-0.1, -0.05) is 35.9 Å². The Hall–Kier alpha value is -1.04. The lowest BCUT2D eigenvalue weighted by atomic mass is 9.92. The summed E-state index contributed by atoms with van der Waals surface area (Å²) in [5.41, 5.74) is 4.26. The Bertz CT molecular complexity index is 277. The molecule has 56 valence electrons. The maximum atomic E-state index is 2.31. The zero-order valence-electron chi connectivity index (χ0n) is 6.80. The number of hydrogen-bond donors (Lipinski definition) is 0. The third-order valence-corrected chi connectivity index (χ3v) is 2.23. The molecule has 0 bridgehead atoms. The summed E-state index contributed by atoms with van der Waals surface area (Å²) < 4.78 is 0. The Labute approximate surface area is 67.6 Å². The van der Waals surface area contributed by atoms with Crippen molar-refractivity contribution in [3.05, 3.63) is 41.5 Å². The molecular weight excluding hydrogens is 132 g/mol. The van der Waals surface area contributed by atoms with Crippen LogP contribution in [0.15, 0.2) is 30.3 Å². The first kappa shape index (κ1) is 6.66. The molecule has 0 heterocycles. The number of allylic oxidation sites excluding steroid dienone is 2.